The molecule has 1 aromatic heterocycles. The van der Waals surface area contributed by atoms with E-state index in [4.69, 9.17) is 4.52 Å². The fraction of sp³-hybridized carbons (Fsp3) is 0.294. The van der Waals surface area contributed by atoms with E-state index in [0.29, 0.717) is 25.1 Å². The fourth-order valence-corrected chi connectivity index (χ4v) is 3.33. The minimum atomic E-state index is -0.358. The molecule has 8 heteroatoms. The summed E-state index contributed by atoms with van der Waals surface area (Å²) in [6.07, 6.45) is 1.20. The molecule has 0 radical (unpaired) electrons. The zero-order chi connectivity index (χ0) is 17.8. The number of benzene rings is 1. The molecule has 130 valence electrons. The number of carbonyl (C=O) groups is 3. The van der Waals surface area contributed by atoms with Gasteiger partial charge in [-0.3, -0.25) is 19.7 Å². The maximum Gasteiger partial charge on any atom is 0.286 e. The summed E-state index contributed by atoms with van der Waals surface area (Å²) >= 11 is 1.03. The van der Waals surface area contributed by atoms with E-state index in [2.05, 4.69) is 15.8 Å². The van der Waals surface area contributed by atoms with Crippen molar-refractivity contribution < 1.29 is 18.9 Å². The van der Waals surface area contributed by atoms with Crippen molar-refractivity contribution in [2.75, 3.05) is 6.54 Å². The van der Waals surface area contributed by atoms with Gasteiger partial charge in [-0.05, 0) is 30.9 Å². The predicted molar refractivity (Wildman–Crippen MR) is 92.3 cm³/mol. The van der Waals surface area contributed by atoms with Crippen LogP contribution in [0.15, 0.2) is 34.9 Å². The molecule has 7 nitrogen and oxygen atoms in total. The van der Waals surface area contributed by atoms with Gasteiger partial charge in [-0.15, -0.1) is 0 Å². The zero-order valence-corrected chi connectivity index (χ0v) is 14.4. The van der Waals surface area contributed by atoms with Crippen LogP contribution in [-0.2, 0) is 17.6 Å². The summed E-state index contributed by atoms with van der Waals surface area (Å²) in [7, 11) is 0. The highest BCUT2D eigenvalue weighted by molar-refractivity contribution is 8.15. The van der Waals surface area contributed by atoms with Crippen molar-refractivity contribution in [3.8, 4) is 0 Å². The van der Waals surface area contributed by atoms with Crippen molar-refractivity contribution in [2.24, 2.45) is 0 Å². The Morgan fingerprint density at radius 1 is 1.28 bits per heavy atom. The number of rotatable bonds is 6. The van der Waals surface area contributed by atoms with Gasteiger partial charge in [0.2, 0.25) is 5.91 Å². The molecule has 2 aromatic rings. The molecule has 3 rings (SSSR count). The molecule has 1 atom stereocenters. The van der Waals surface area contributed by atoms with Crippen LogP contribution in [0.4, 0.5) is 4.79 Å². The molecule has 0 bridgehead atoms. The van der Waals surface area contributed by atoms with E-state index < -0.39 is 0 Å². The number of carbonyl (C=O) groups excluding carboxylic acids is 3. The molecule has 0 unspecified atom stereocenters. The maximum atomic E-state index is 11.9. The summed E-state index contributed by atoms with van der Waals surface area (Å²) in [5, 5.41) is 8.10. The van der Waals surface area contributed by atoms with E-state index in [1.54, 1.807) is 13.0 Å². The third-order valence-corrected chi connectivity index (χ3v) is 4.75. The van der Waals surface area contributed by atoms with Gasteiger partial charge in [0.15, 0.2) is 5.69 Å². The third-order valence-electron chi connectivity index (χ3n) is 3.77. The summed E-state index contributed by atoms with van der Waals surface area (Å²) in [6.45, 7) is 2.22. The minimum Gasteiger partial charge on any atom is -0.361 e. The van der Waals surface area contributed by atoms with Crippen LogP contribution in [0.5, 0.6) is 0 Å². The molecule has 25 heavy (non-hydrogen) atoms. The molecule has 0 saturated carbocycles. The first-order valence-corrected chi connectivity index (χ1v) is 8.70. The molecule has 0 spiro atoms. The fourth-order valence-electron chi connectivity index (χ4n) is 2.47. The Hall–Kier alpha value is -2.61. The first-order valence-electron chi connectivity index (χ1n) is 7.82. The van der Waals surface area contributed by atoms with E-state index in [9.17, 15) is 14.4 Å². The highest BCUT2D eigenvalue weighted by Crippen LogP contribution is 2.23. The SMILES string of the molecule is Cc1cc(C(=O)NCCc2ccc(C[C@@H]3SC(=O)NC3=O)cc2)no1. The lowest BCUT2D eigenvalue weighted by Gasteiger charge is -2.07. The second kappa shape index (κ2) is 7.52. The Balaban J connectivity index is 1.47. The smallest absolute Gasteiger partial charge is 0.286 e. The minimum absolute atomic E-state index is 0.232. The summed E-state index contributed by atoms with van der Waals surface area (Å²) in [6, 6.07) is 9.39. The molecule has 2 N–H and O–H groups in total. The second-order valence-corrected chi connectivity index (χ2v) is 6.91. The molecule has 1 aromatic carbocycles. The summed E-state index contributed by atoms with van der Waals surface area (Å²) in [4.78, 5) is 34.6. The van der Waals surface area contributed by atoms with Crippen LogP contribution in [0.25, 0.3) is 0 Å². The van der Waals surface area contributed by atoms with E-state index in [1.807, 2.05) is 24.3 Å². The normalized spacial score (nSPS) is 16.8. The second-order valence-electron chi connectivity index (χ2n) is 5.73. The number of thioether (sulfide) groups is 1. The summed E-state index contributed by atoms with van der Waals surface area (Å²) in [5.41, 5.74) is 2.34. The Morgan fingerprint density at radius 3 is 2.60 bits per heavy atom. The summed E-state index contributed by atoms with van der Waals surface area (Å²) in [5.74, 6) is 0.101. The molecule has 2 heterocycles. The number of nitrogens with one attached hydrogen (secondary N) is 2. The first kappa shape index (κ1) is 17.2. The lowest BCUT2D eigenvalue weighted by atomic mass is 10.1. The number of aromatic nitrogens is 1. The van der Waals surface area contributed by atoms with Crippen LogP contribution in [0.1, 0.15) is 27.4 Å². The Morgan fingerprint density at radius 2 is 2.00 bits per heavy atom. The van der Waals surface area contributed by atoms with Gasteiger partial charge >= 0.3 is 0 Å². The number of amides is 3. The molecule has 1 saturated heterocycles. The van der Waals surface area contributed by atoms with Crippen molar-refractivity contribution in [3.05, 3.63) is 52.9 Å². The van der Waals surface area contributed by atoms with Crippen LogP contribution in [-0.4, -0.2) is 34.0 Å². The van der Waals surface area contributed by atoms with Gasteiger partial charge in [0.25, 0.3) is 11.1 Å². The van der Waals surface area contributed by atoms with Crippen molar-refractivity contribution in [1.82, 2.24) is 15.8 Å². The van der Waals surface area contributed by atoms with Crippen molar-refractivity contribution >= 4 is 28.8 Å². The topological polar surface area (TPSA) is 101 Å². The molecular weight excluding hydrogens is 342 g/mol. The van der Waals surface area contributed by atoms with E-state index in [0.717, 1.165) is 22.9 Å². The van der Waals surface area contributed by atoms with Gasteiger partial charge in [-0.2, -0.15) is 0 Å². The number of hydrogen-bond donors (Lipinski definition) is 2. The third kappa shape index (κ3) is 4.48. The number of hydrogen-bond acceptors (Lipinski definition) is 6. The van der Waals surface area contributed by atoms with Crippen molar-refractivity contribution in [2.45, 2.75) is 25.0 Å². The highest BCUT2D eigenvalue weighted by atomic mass is 32.2. The number of aryl methyl sites for hydroxylation is 1. The average molecular weight is 359 g/mol. The number of nitrogens with zero attached hydrogens (tertiary/aromatic N) is 1. The van der Waals surface area contributed by atoms with Crippen LogP contribution in [0.2, 0.25) is 0 Å². The summed E-state index contributed by atoms with van der Waals surface area (Å²) < 4.78 is 4.87. The van der Waals surface area contributed by atoms with Gasteiger partial charge in [0, 0.05) is 12.6 Å². The molecule has 3 amide bonds. The molecular formula is C17H17N3O4S. The Kier molecular flexibility index (Phi) is 5.18. The Labute approximate surface area is 148 Å². The lowest BCUT2D eigenvalue weighted by molar-refractivity contribution is -0.118. The largest absolute Gasteiger partial charge is 0.361 e. The molecule has 0 aliphatic carbocycles. The van der Waals surface area contributed by atoms with Gasteiger partial charge in [0.1, 0.15) is 5.76 Å². The quantitative estimate of drug-likeness (QED) is 0.816. The predicted octanol–water partition coefficient (Wildman–Crippen LogP) is 1.85. The van der Waals surface area contributed by atoms with E-state index in [-0.39, 0.29) is 28.0 Å². The van der Waals surface area contributed by atoms with Gasteiger partial charge in [0.05, 0.1) is 5.25 Å². The average Bonchev–Trinajstić information content (AvgIpc) is 3.14. The van der Waals surface area contributed by atoms with Crippen molar-refractivity contribution in [1.29, 1.82) is 0 Å². The van der Waals surface area contributed by atoms with Crippen LogP contribution in [0.3, 0.4) is 0 Å². The standard InChI is InChI=1S/C17H17N3O4S/c1-10-8-13(20-24-10)15(21)18-7-6-11-2-4-12(5-3-11)9-14-16(22)19-17(23)25-14/h2-5,8,14H,6-7,9H2,1H3,(H,18,21)(H,19,22,23)/t14-/m0/s1. The van der Waals surface area contributed by atoms with Crippen LogP contribution < -0.4 is 10.6 Å². The van der Waals surface area contributed by atoms with E-state index in [1.165, 1.54) is 0 Å². The van der Waals surface area contributed by atoms with Gasteiger partial charge in [-0.25, -0.2) is 0 Å². The van der Waals surface area contributed by atoms with Crippen molar-refractivity contribution in [3.63, 3.8) is 0 Å². The Bertz CT molecular complexity index is 800. The zero-order valence-electron chi connectivity index (χ0n) is 13.6. The lowest BCUT2D eigenvalue weighted by Crippen LogP contribution is -2.26. The van der Waals surface area contributed by atoms with E-state index >= 15 is 0 Å². The maximum absolute atomic E-state index is 11.9. The number of imide groups is 1. The molecule has 1 aliphatic rings. The monoisotopic (exact) mass is 359 g/mol. The first-order chi connectivity index (χ1) is 12.0. The highest BCUT2D eigenvalue weighted by Gasteiger charge is 2.31. The van der Waals surface area contributed by atoms with Crippen LogP contribution >= 0.6 is 11.8 Å². The molecule has 1 fully saturated rings. The van der Waals surface area contributed by atoms with Gasteiger partial charge in [-0.1, -0.05) is 41.2 Å². The molecule has 1 aliphatic heterocycles. The van der Waals surface area contributed by atoms with Gasteiger partial charge < -0.3 is 9.84 Å². The van der Waals surface area contributed by atoms with Crippen LogP contribution in [0, 0.1) is 6.92 Å².